The Labute approximate surface area is 78.2 Å². The number of hydrogen-bond donors (Lipinski definition) is 1. The van der Waals surface area contributed by atoms with Gasteiger partial charge in [-0.3, -0.25) is 0 Å². The number of thiol groups is 1. The van der Waals surface area contributed by atoms with E-state index < -0.39 is 0 Å². The summed E-state index contributed by atoms with van der Waals surface area (Å²) in [6.07, 6.45) is 1.92. The van der Waals surface area contributed by atoms with Crippen molar-refractivity contribution in [1.29, 1.82) is 0 Å². The Balaban J connectivity index is 2.69. The number of rotatable bonds is 3. The normalized spacial score (nSPS) is 10.2. The van der Waals surface area contributed by atoms with Gasteiger partial charge in [-0.1, -0.05) is 12.1 Å². The number of hydrogen-bond acceptors (Lipinski definition) is 1. The molecule has 0 aliphatic carbocycles. The molecular weight excluding hydrogens is 171 g/mol. The quantitative estimate of drug-likeness (QED) is 0.686. The van der Waals surface area contributed by atoms with E-state index in [0.29, 0.717) is 5.56 Å². The summed E-state index contributed by atoms with van der Waals surface area (Å²) in [6, 6.07) is 5.41. The van der Waals surface area contributed by atoms with Crippen molar-refractivity contribution in [2.45, 2.75) is 19.8 Å². The summed E-state index contributed by atoms with van der Waals surface area (Å²) in [4.78, 5) is 0. The third-order valence-electron chi connectivity index (χ3n) is 1.86. The molecule has 0 unspecified atom stereocenters. The molecule has 0 bridgehead atoms. The van der Waals surface area contributed by atoms with Gasteiger partial charge < -0.3 is 0 Å². The maximum atomic E-state index is 13.0. The van der Waals surface area contributed by atoms with E-state index in [-0.39, 0.29) is 5.82 Å². The number of halogens is 1. The summed E-state index contributed by atoms with van der Waals surface area (Å²) >= 11 is 4.10. The molecule has 12 heavy (non-hydrogen) atoms. The number of benzene rings is 1. The first-order valence-corrected chi connectivity index (χ1v) is 4.73. The van der Waals surface area contributed by atoms with Gasteiger partial charge in [0.05, 0.1) is 0 Å². The van der Waals surface area contributed by atoms with Crippen molar-refractivity contribution in [2.24, 2.45) is 0 Å². The lowest BCUT2D eigenvalue weighted by Gasteiger charge is -2.01. The smallest absolute Gasteiger partial charge is 0.126 e. The molecule has 0 nitrogen and oxygen atoms in total. The third kappa shape index (κ3) is 2.52. The van der Waals surface area contributed by atoms with Gasteiger partial charge in [0.15, 0.2) is 0 Å². The number of aryl methyl sites for hydroxylation is 2. The van der Waals surface area contributed by atoms with E-state index in [2.05, 4.69) is 12.6 Å². The summed E-state index contributed by atoms with van der Waals surface area (Å²) in [5.41, 5.74) is 1.77. The van der Waals surface area contributed by atoms with Gasteiger partial charge in [-0.15, -0.1) is 0 Å². The monoisotopic (exact) mass is 184 g/mol. The van der Waals surface area contributed by atoms with Crippen LogP contribution in [0.5, 0.6) is 0 Å². The Morgan fingerprint density at radius 2 is 2.17 bits per heavy atom. The van der Waals surface area contributed by atoms with E-state index >= 15 is 0 Å². The Hall–Kier alpha value is -0.500. The van der Waals surface area contributed by atoms with E-state index in [4.69, 9.17) is 0 Å². The van der Waals surface area contributed by atoms with Gasteiger partial charge in [0.25, 0.3) is 0 Å². The van der Waals surface area contributed by atoms with Crippen LogP contribution in [0.4, 0.5) is 4.39 Å². The van der Waals surface area contributed by atoms with Gasteiger partial charge >= 0.3 is 0 Å². The van der Waals surface area contributed by atoms with Crippen LogP contribution in [0, 0.1) is 12.7 Å². The maximum Gasteiger partial charge on any atom is 0.126 e. The minimum Gasteiger partial charge on any atom is -0.207 e. The molecule has 0 amide bonds. The highest BCUT2D eigenvalue weighted by molar-refractivity contribution is 7.80. The predicted molar refractivity (Wildman–Crippen MR) is 53.3 cm³/mol. The molecule has 66 valence electrons. The topological polar surface area (TPSA) is 0 Å². The minimum atomic E-state index is -0.105. The summed E-state index contributed by atoms with van der Waals surface area (Å²) in [5, 5.41) is 0. The van der Waals surface area contributed by atoms with Gasteiger partial charge in [-0.2, -0.15) is 12.6 Å². The Morgan fingerprint density at radius 3 is 2.75 bits per heavy atom. The van der Waals surface area contributed by atoms with Gasteiger partial charge in [-0.25, -0.2) is 4.39 Å². The SMILES string of the molecule is Cc1ccc(CCCS)cc1F. The first kappa shape index (κ1) is 9.59. The maximum absolute atomic E-state index is 13.0. The summed E-state index contributed by atoms with van der Waals surface area (Å²) < 4.78 is 13.0. The second kappa shape index (κ2) is 4.51. The zero-order valence-corrected chi connectivity index (χ0v) is 8.07. The van der Waals surface area contributed by atoms with E-state index in [0.717, 1.165) is 24.2 Å². The molecule has 0 saturated heterocycles. The summed E-state index contributed by atoms with van der Waals surface area (Å²) in [5.74, 6) is 0.752. The van der Waals surface area contributed by atoms with Crippen LogP contribution in [-0.2, 0) is 6.42 Å². The van der Waals surface area contributed by atoms with E-state index in [1.165, 1.54) is 0 Å². The first-order chi connectivity index (χ1) is 5.74. The molecule has 0 spiro atoms. The Bertz CT molecular complexity index is 258. The molecule has 1 aromatic rings. The minimum absolute atomic E-state index is 0.105. The van der Waals surface area contributed by atoms with Crippen molar-refractivity contribution in [3.63, 3.8) is 0 Å². The molecule has 0 aliphatic rings. The molecule has 0 saturated carbocycles. The highest BCUT2D eigenvalue weighted by atomic mass is 32.1. The van der Waals surface area contributed by atoms with Crippen LogP contribution in [0.15, 0.2) is 18.2 Å². The molecule has 0 atom stereocenters. The Morgan fingerprint density at radius 1 is 1.42 bits per heavy atom. The average molecular weight is 184 g/mol. The fraction of sp³-hybridized carbons (Fsp3) is 0.400. The van der Waals surface area contributed by atoms with Crippen molar-refractivity contribution in [2.75, 3.05) is 5.75 Å². The highest BCUT2D eigenvalue weighted by Crippen LogP contribution is 2.10. The van der Waals surface area contributed by atoms with E-state index in [1.807, 2.05) is 12.1 Å². The van der Waals surface area contributed by atoms with E-state index in [9.17, 15) is 4.39 Å². The molecule has 0 radical (unpaired) electrons. The van der Waals surface area contributed by atoms with Crippen LogP contribution in [0.25, 0.3) is 0 Å². The average Bonchev–Trinajstić information content (AvgIpc) is 2.07. The standard InChI is InChI=1S/C10H13FS/c1-8-4-5-9(3-2-6-12)7-10(8)11/h4-5,7,12H,2-3,6H2,1H3. The van der Waals surface area contributed by atoms with Crippen molar-refractivity contribution >= 4 is 12.6 Å². The van der Waals surface area contributed by atoms with Crippen LogP contribution < -0.4 is 0 Å². The molecule has 0 N–H and O–H groups in total. The molecular formula is C10H13FS. The lowest BCUT2D eigenvalue weighted by molar-refractivity contribution is 0.615. The zero-order valence-electron chi connectivity index (χ0n) is 7.18. The predicted octanol–water partition coefficient (Wildman–Crippen LogP) is 3.00. The third-order valence-corrected chi connectivity index (χ3v) is 2.18. The van der Waals surface area contributed by atoms with Gasteiger partial charge in [0.1, 0.15) is 5.82 Å². The largest absolute Gasteiger partial charge is 0.207 e. The second-order valence-electron chi connectivity index (χ2n) is 2.91. The fourth-order valence-corrected chi connectivity index (χ4v) is 1.23. The molecule has 0 heterocycles. The Kier molecular flexibility index (Phi) is 3.60. The highest BCUT2D eigenvalue weighted by Gasteiger charge is 1.98. The van der Waals surface area contributed by atoms with Gasteiger partial charge in [-0.05, 0) is 42.7 Å². The second-order valence-corrected chi connectivity index (χ2v) is 3.36. The molecule has 2 heteroatoms. The van der Waals surface area contributed by atoms with E-state index in [1.54, 1.807) is 13.0 Å². The lowest BCUT2D eigenvalue weighted by Crippen LogP contribution is -1.89. The fourth-order valence-electron chi connectivity index (χ4n) is 1.08. The van der Waals surface area contributed by atoms with Crippen LogP contribution in [0.2, 0.25) is 0 Å². The van der Waals surface area contributed by atoms with Gasteiger partial charge in [0, 0.05) is 0 Å². The molecule has 0 aromatic heterocycles. The molecule has 0 fully saturated rings. The van der Waals surface area contributed by atoms with Crippen molar-refractivity contribution in [3.8, 4) is 0 Å². The van der Waals surface area contributed by atoms with Gasteiger partial charge in [0.2, 0.25) is 0 Å². The van der Waals surface area contributed by atoms with Crippen molar-refractivity contribution < 1.29 is 4.39 Å². The summed E-state index contributed by atoms with van der Waals surface area (Å²) in [7, 11) is 0. The van der Waals surface area contributed by atoms with Crippen LogP contribution in [0.1, 0.15) is 17.5 Å². The van der Waals surface area contributed by atoms with Crippen LogP contribution >= 0.6 is 12.6 Å². The molecule has 1 rings (SSSR count). The van der Waals surface area contributed by atoms with Crippen LogP contribution in [-0.4, -0.2) is 5.75 Å². The molecule has 0 aliphatic heterocycles. The van der Waals surface area contributed by atoms with Crippen molar-refractivity contribution in [3.05, 3.63) is 35.1 Å². The lowest BCUT2D eigenvalue weighted by atomic mass is 10.1. The van der Waals surface area contributed by atoms with Crippen molar-refractivity contribution in [1.82, 2.24) is 0 Å². The zero-order chi connectivity index (χ0) is 8.97. The van der Waals surface area contributed by atoms with Crippen LogP contribution in [0.3, 0.4) is 0 Å². The first-order valence-electron chi connectivity index (χ1n) is 4.10. The summed E-state index contributed by atoms with van der Waals surface area (Å²) in [6.45, 7) is 1.78. The molecule has 1 aromatic carbocycles.